The Labute approximate surface area is 152 Å². The first-order valence-corrected chi connectivity index (χ1v) is 10.4. The number of rotatable bonds is 16. The topological polar surface area (TPSA) is 52.5 Å². The SMILES string of the molecule is CCCC[N+](CCCC)(CCCC)CCCC.OCCNCCO. The number of hydrogen-bond acceptors (Lipinski definition) is 3. The molecule has 4 heteroatoms. The van der Waals surface area contributed by atoms with Crippen molar-refractivity contribution in [3.63, 3.8) is 0 Å². The molecule has 0 atom stereocenters. The lowest BCUT2D eigenvalue weighted by atomic mass is 10.1. The highest BCUT2D eigenvalue weighted by Gasteiger charge is 2.24. The van der Waals surface area contributed by atoms with Gasteiger partial charge in [-0.05, 0) is 25.7 Å². The Balaban J connectivity index is 0. The van der Waals surface area contributed by atoms with Gasteiger partial charge in [0, 0.05) is 13.1 Å². The molecule has 0 fully saturated rings. The van der Waals surface area contributed by atoms with Gasteiger partial charge in [0.25, 0.3) is 0 Å². The first-order valence-electron chi connectivity index (χ1n) is 10.4. The number of nitrogens with one attached hydrogen (secondary N) is 1. The van der Waals surface area contributed by atoms with Crippen LogP contribution in [0.3, 0.4) is 0 Å². The first kappa shape index (κ1) is 26.1. The van der Waals surface area contributed by atoms with Gasteiger partial charge in [-0.2, -0.15) is 0 Å². The fourth-order valence-corrected chi connectivity index (χ4v) is 2.93. The fourth-order valence-electron chi connectivity index (χ4n) is 2.93. The van der Waals surface area contributed by atoms with Gasteiger partial charge in [-0.25, -0.2) is 0 Å². The Kier molecular flexibility index (Phi) is 22.7. The van der Waals surface area contributed by atoms with E-state index in [4.69, 9.17) is 10.2 Å². The molecule has 0 unspecified atom stereocenters. The van der Waals surface area contributed by atoms with Crippen molar-refractivity contribution < 1.29 is 14.7 Å². The summed E-state index contributed by atoms with van der Waals surface area (Å²) in [6, 6.07) is 0. The smallest absolute Gasteiger partial charge is 0.0786 e. The maximum Gasteiger partial charge on any atom is 0.0786 e. The van der Waals surface area contributed by atoms with E-state index in [9.17, 15) is 0 Å². The summed E-state index contributed by atoms with van der Waals surface area (Å²) < 4.78 is 1.42. The van der Waals surface area contributed by atoms with E-state index in [0.717, 1.165) is 0 Å². The number of nitrogens with zero attached hydrogens (tertiary/aromatic N) is 1. The Hall–Kier alpha value is -0.160. The number of aliphatic hydroxyl groups excluding tert-OH is 2. The van der Waals surface area contributed by atoms with Crippen molar-refractivity contribution in [2.75, 3.05) is 52.5 Å². The van der Waals surface area contributed by atoms with Crippen molar-refractivity contribution in [3.8, 4) is 0 Å². The maximum atomic E-state index is 8.15. The van der Waals surface area contributed by atoms with Crippen molar-refractivity contribution in [2.24, 2.45) is 0 Å². The lowest BCUT2D eigenvalue weighted by molar-refractivity contribution is -0.929. The molecular weight excluding hydrogens is 300 g/mol. The third-order valence-electron chi connectivity index (χ3n) is 4.52. The highest BCUT2D eigenvalue weighted by atomic mass is 16.3. The van der Waals surface area contributed by atoms with E-state index in [-0.39, 0.29) is 13.2 Å². The molecular formula is C20H47N2O2+. The lowest BCUT2D eigenvalue weighted by Gasteiger charge is -2.39. The standard InChI is InChI=1S/C16H36N.C4H11NO2/c1-5-9-13-17(14-10-6-2,15-11-7-3)16-12-8-4;6-3-1-5-2-4-7/h5-16H2,1-4H3;5-7H,1-4H2/q+1;. The van der Waals surface area contributed by atoms with E-state index in [1.807, 2.05) is 0 Å². The first-order chi connectivity index (χ1) is 11.7. The molecule has 0 spiro atoms. The third kappa shape index (κ3) is 16.7. The molecule has 0 bridgehead atoms. The molecule has 24 heavy (non-hydrogen) atoms. The van der Waals surface area contributed by atoms with Gasteiger partial charge in [-0.15, -0.1) is 0 Å². The number of quaternary nitrogens is 1. The molecule has 0 aliphatic carbocycles. The minimum Gasteiger partial charge on any atom is -0.395 e. The van der Waals surface area contributed by atoms with E-state index < -0.39 is 0 Å². The Morgan fingerprint density at radius 2 is 0.875 bits per heavy atom. The summed E-state index contributed by atoms with van der Waals surface area (Å²) >= 11 is 0. The molecule has 3 N–H and O–H groups in total. The molecule has 148 valence electrons. The molecule has 4 nitrogen and oxygen atoms in total. The lowest BCUT2D eigenvalue weighted by Crippen LogP contribution is -2.50. The summed E-state index contributed by atoms with van der Waals surface area (Å²) in [4.78, 5) is 0. The summed E-state index contributed by atoms with van der Waals surface area (Å²) in [5, 5.41) is 19.1. The highest BCUT2D eigenvalue weighted by molar-refractivity contribution is 4.49. The van der Waals surface area contributed by atoms with Gasteiger partial charge >= 0.3 is 0 Å². The van der Waals surface area contributed by atoms with Crippen LogP contribution in [0, 0.1) is 0 Å². The van der Waals surface area contributed by atoms with Gasteiger partial charge in [0.2, 0.25) is 0 Å². The van der Waals surface area contributed by atoms with E-state index in [0.29, 0.717) is 13.1 Å². The van der Waals surface area contributed by atoms with E-state index in [1.165, 1.54) is 82.0 Å². The monoisotopic (exact) mass is 347 g/mol. The molecule has 0 rings (SSSR count). The number of hydrogen-bond donors (Lipinski definition) is 3. The van der Waals surface area contributed by atoms with E-state index >= 15 is 0 Å². The summed E-state index contributed by atoms with van der Waals surface area (Å²) in [6.45, 7) is 16.4. The van der Waals surface area contributed by atoms with Crippen molar-refractivity contribution >= 4 is 0 Å². The van der Waals surface area contributed by atoms with Gasteiger partial charge in [0.05, 0.1) is 39.4 Å². The summed E-state index contributed by atoms with van der Waals surface area (Å²) in [5.41, 5.74) is 0. The van der Waals surface area contributed by atoms with Crippen LogP contribution in [0.4, 0.5) is 0 Å². The zero-order valence-electron chi connectivity index (χ0n) is 17.2. The second-order valence-corrected chi connectivity index (χ2v) is 6.85. The quantitative estimate of drug-likeness (QED) is 0.295. The predicted octanol–water partition coefficient (Wildman–Crippen LogP) is 3.56. The molecule has 0 aromatic heterocycles. The predicted molar refractivity (Wildman–Crippen MR) is 106 cm³/mol. The second kappa shape index (κ2) is 20.9. The van der Waals surface area contributed by atoms with Crippen LogP contribution in [-0.4, -0.2) is 67.2 Å². The molecule has 0 amide bonds. The number of aliphatic hydroxyl groups is 2. The van der Waals surface area contributed by atoms with Crippen LogP contribution >= 0.6 is 0 Å². The Morgan fingerprint density at radius 1 is 0.583 bits per heavy atom. The number of unbranched alkanes of at least 4 members (excludes halogenated alkanes) is 4. The molecule has 0 aromatic carbocycles. The zero-order valence-corrected chi connectivity index (χ0v) is 17.2. The van der Waals surface area contributed by atoms with Crippen LogP contribution in [0.5, 0.6) is 0 Å². The summed E-state index contributed by atoms with van der Waals surface area (Å²) in [5.74, 6) is 0. The van der Waals surface area contributed by atoms with Gasteiger partial charge in [0.15, 0.2) is 0 Å². The van der Waals surface area contributed by atoms with Gasteiger partial charge in [-0.1, -0.05) is 53.4 Å². The maximum absolute atomic E-state index is 8.15. The third-order valence-corrected chi connectivity index (χ3v) is 4.52. The van der Waals surface area contributed by atoms with Gasteiger partial charge in [-0.3, -0.25) is 0 Å². The molecule has 0 saturated heterocycles. The fraction of sp³-hybridized carbons (Fsp3) is 1.00. The van der Waals surface area contributed by atoms with Crippen molar-refractivity contribution in [1.82, 2.24) is 5.32 Å². The van der Waals surface area contributed by atoms with E-state index in [1.54, 1.807) is 0 Å². The van der Waals surface area contributed by atoms with Crippen molar-refractivity contribution in [3.05, 3.63) is 0 Å². The molecule has 0 aromatic rings. The van der Waals surface area contributed by atoms with Gasteiger partial charge < -0.3 is 20.0 Å². The second-order valence-electron chi connectivity index (χ2n) is 6.85. The van der Waals surface area contributed by atoms with Gasteiger partial charge in [0.1, 0.15) is 0 Å². The Bertz CT molecular complexity index is 184. The Morgan fingerprint density at radius 3 is 1.08 bits per heavy atom. The molecule has 0 aliphatic rings. The van der Waals surface area contributed by atoms with Crippen molar-refractivity contribution in [2.45, 2.75) is 79.1 Å². The van der Waals surface area contributed by atoms with Crippen LogP contribution in [0.15, 0.2) is 0 Å². The molecule has 0 radical (unpaired) electrons. The van der Waals surface area contributed by atoms with Crippen LogP contribution in [-0.2, 0) is 0 Å². The largest absolute Gasteiger partial charge is 0.395 e. The highest BCUT2D eigenvalue weighted by Crippen LogP contribution is 2.16. The molecule has 0 aliphatic heterocycles. The van der Waals surface area contributed by atoms with Crippen LogP contribution in [0.2, 0.25) is 0 Å². The van der Waals surface area contributed by atoms with Crippen LogP contribution in [0.25, 0.3) is 0 Å². The van der Waals surface area contributed by atoms with Crippen molar-refractivity contribution in [1.29, 1.82) is 0 Å². The minimum atomic E-state index is 0.139. The summed E-state index contributed by atoms with van der Waals surface area (Å²) in [7, 11) is 0. The minimum absolute atomic E-state index is 0.139. The normalized spacial score (nSPS) is 11.2. The summed E-state index contributed by atoms with van der Waals surface area (Å²) in [6.07, 6.45) is 11.1. The molecule has 0 heterocycles. The van der Waals surface area contributed by atoms with Crippen LogP contribution < -0.4 is 5.32 Å². The van der Waals surface area contributed by atoms with Crippen LogP contribution in [0.1, 0.15) is 79.1 Å². The zero-order chi connectivity index (χ0) is 18.5. The average Bonchev–Trinajstić information content (AvgIpc) is 2.61. The average molecular weight is 348 g/mol. The van der Waals surface area contributed by atoms with E-state index in [2.05, 4.69) is 33.0 Å². The molecule has 0 saturated carbocycles.